The molecule has 0 amide bonds. The summed E-state index contributed by atoms with van der Waals surface area (Å²) in [4.78, 5) is 0. The minimum absolute atomic E-state index is 0.211. The molecule has 0 N–H and O–H groups in total. The Morgan fingerprint density at radius 3 is 2.62 bits per heavy atom. The molecule has 0 atom stereocenters. The van der Waals surface area contributed by atoms with Gasteiger partial charge in [-0.3, -0.25) is 0 Å². The summed E-state index contributed by atoms with van der Waals surface area (Å²) < 4.78 is 20.6. The van der Waals surface area contributed by atoms with E-state index in [-0.39, 0.29) is 12.4 Å². The predicted molar refractivity (Wildman–Crippen MR) is 103 cm³/mol. The minimum Gasteiger partial charge on any atom is -0.484 e. The van der Waals surface area contributed by atoms with Crippen LogP contribution in [0.25, 0.3) is 0 Å². The molecular weight excluding hydrogens is 420 g/mol. The molecule has 4 nitrogen and oxygen atoms in total. The molecule has 3 aromatic rings. The van der Waals surface area contributed by atoms with Crippen LogP contribution in [0, 0.1) is 5.82 Å². The van der Waals surface area contributed by atoms with Crippen LogP contribution in [-0.2, 0) is 19.4 Å². The number of benzene rings is 2. The van der Waals surface area contributed by atoms with Crippen molar-refractivity contribution in [3.8, 4) is 5.75 Å². The van der Waals surface area contributed by atoms with Gasteiger partial charge in [0.25, 0.3) is 0 Å². The Morgan fingerprint density at radius 2 is 1.88 bits per heavy atom. The van der Waals surface area contributed by atoms with Crippen molar-refractivity contribution in [2.75, 3.05) is 0 Å². The maximum absolute atomic E-state index is 13.1. The van der Waals surface area contributed by atoms with Gasteiger partial charge in [0.1, 0.15) is 18.2 Å². The van der Waals surface area contributed by atoms with Gasteiger partial charge in [-0.25, -0.2) is 4.39 Å². The van der Waals surface area contributed by atoms with Crippen LogP contribution in [0.5, 0.6) is 5.75 Å². The van der Waals surface area contributed by atoms with E-state index in [1.165, 1.54) is 23.9 Å². The van der Waals surface area contributed by atoms with Crippen LogP contribution in [0.3, 0.4) is 0 Å². The van der Waals surface area contributed by atoms with Gasteiger partial charge in [0.05, 0.1) is 5.02 Å². The summed E-state index contributed by atoms with van der Waals surface area (Å²) in [5.41, 5.74) is 0.826. The molecule has 0 aliphatic carbocycles. The summed E-state index contributed by atoms with van der Waals surface area (Å²) in [7, 11) is 1.84. The quantitative estimate of drug-likeness (QED) is 0.463. The van der Waals surface area contributed by atoms with Gasteiger partial charge in [0, 0.05) is 22.8 Å². The first kappa shape index (κ1) is 19.3. The highest BCUT2D eigenvalue weighted by Gasteiger charge is 2.12. The second kappa shape index (κ2) is 8.48. The van der Waals surface area contributed by atoms with Crippen LogP contribution in [0.2, 0.25) is 15.1 Å². The molecule has 0 bridgehead atoms. The third kappa shape index (κ3) is 4.62. The van der Waals surface area contributed by atoms with E-state index in [0.717, 1.165) is 5.56 Å². The molecule has 0 radical (unpaired) electrons. The standard InChI is InChI=1S/C17H13Cl3FN3OS/c1-24-16(8-25-15-5-3-11(18)6-14(15)20)22-23-17(24)26-9-10-2-4-12(21)7-13(10)19/h2-7H,8-9H2,1H3. The van der Waals surface area contributed by atoms with Crippen molar-refractivity contribution < 1.29 is 9.13 Å². The number of hydrogen-bond donors (Lipinski definition) is 0. The Balaban J connectivity index is 1.64. The molecule has 9 heteroatoms. The second-order valence-corrected chi connectivity index (χ2v) is 7.54. The Morgan fingerprint density at radius 1 is 1.08 bits per heavy atom. The van der Waals surface area contributed by atoms with E-state index in [2.05, 4.69) is 10.2 Å². The first-order valence-corrected chi connectivity index (χ1v) is 9.59. The summed E-state index contributed by atoms with van der Waals surface area (Å²) in [6, 6.07) is 9.35. The molecule has 0 fully saturated rings. The van der Waals surface area contributed by atoms with Crippen molar-refractivity contribution in [3.05, 3.63) is 68.7 Å². The summed E-state index contributed by atoms with van der Waals surface area (Å²) in [5.74, 6) is 1.35. The average molecular weight is 433 g/mol. The highest BCUT2D eigenvalue weighted by atomic mass is 35.5. The zero-order valence-electron chi connectivity index (χ0n) is 13.5. The van der Waals surface area contributed by atoms with Gasteiger partial charge in [-0.1, -0.05) is 52.6 Å². The van der Waals surface area contributed by atoms with Gasteiger partial charge in [0.15, 0.2) is 11.0 Å². The number of halogens is 4. The lowest BCUT2D eigenvalue weighted by molar-refractivity contribution is 0.290. The number of aromatic nitrogens is 3. The topological polar surface area (TPSA) is 39.9 Å². The smallest absolute Gasteiger partial charge is 0.191 e. The fraction of sp³-hybridized carbons (Fsp3) is 0.176. The van der Waals surface area contributed by atoms with Crippen LogP contribution in [0.15, 0.2) is 41.6 Å². The molecule has 0 saturated carbocycles. The van der Waals surface area contributed by atoms with E-state index in [4.69, 9.17) is 39.5 Å². The molecule has 26 heavy (non-hydrogen) atoms. The van der Waals surface area contributed by atoms with Crippen LogP contribution in [-0.4, -0.2) is 14.8 Å². The Hall–Kier alpha value is -1.47. The number of thioether (sulfide) groups is 1. The third-order valence-corrected chi connectivity index (χ3v) is 5.50. The lowest BCUT2D eigenvalue weighted by Crippen LogP contribution is -2.04. The Labute approximate surface area is 169 Å². The van der Waals surface area contributed by atoms with Crippen LogP contribution in [0.1, 0.15) is 11.4 Å². The number of rotatable bonds is 6. The summed E-state index contributed by atoms with van der Waals surface area (Å²) in [6.07, 6.45) is 0. The first-order chi connectivity index (χ1) is 12.4. The molecule has 136 valence electrons. The van der Waals surface area contributed by atoms with Gasteiger partial charge >= 0.3 is 0 Å². The molecule has 3 rings (SSSR count). The molecule has 2 aromatic carbocycles. The maximum atomic E-state index is 13.1. The summed E-state index contributed by atoms with van der Waals surface area (Å²) in [5, 5.41) is 10.3. The molecule has 0 saturated heterocycles. The third-order valence-electron chi connectivity index (χ3n) is 3.55. The fourth-order valence-electron chi connectivity index (χ4n) is 2.11. The molecule has 1 heterocycles. The van der Waals surface area contributed by atoms with Crippen molar-refractivity contribution >= 4 is 46.6 Å². The predicted octanol–water partition coefficient (Wildman–Crippen LogP) is 5.79. The normalized spacial score (nSPS) is 11.0. The Bertz CT molecular complexity index is 863. The van der Waals surface area contributed by atoms with E-state index in [0.29, 0.717) is 37.6 Å². The minimum atomic E-state index is -0.359. The monoisotopic (exact) mass is 431 g/mol. The Kier molecular flexibility index (Phi) is 6.29. The highest BCUT2D eigenvalue weighted by Crippen LogP contribution is 2.29. The molecule has 1 aromatic heterocycles. The van der Waals surface area contributed by atoms with Crippen LogP contribution >= 0.6 is 46.6 Å². The van der Waals surface area contributed by atoms with Crippen molar-refractivity contribution in [2.45, 2.75) is 17.5 Å². The van der Waals surface area contributed by atoms with Crippen molar-refractivity contribution in [1.82, 2.24) is 14.8 Å². The summed E-state index contributed by atoms with van der Waals surface area (Å²) >= 11 is 19.5. The van der Waals surface area contributed by atoms with Gasteiger partial charge in [-0.2, -0.15) is 0 Å². The number of nitrogens with zero attached hydrogens (tertiary/aromatic N) is 3. The SMILES string of the molecule is Cn1c(COc2ccc(Cl)cc2Cl)nnc1SCc1ccc(F)cc1Cl. The van der Waals surface area contributed by atoms with Gasteiger partial charge < -0.3 is 9.30 Å². The number of hydrogen-bond acceptors (Lipinski definition) is 4. The molecule has 0 unspecified atom stereocenters. The lowest BCUT2D eigenvalue weighted by atomic mass is 10.2. The zero-order chi connectivity index (χ0) is 18.7. The molecule has 0 aliphatic rings. The van der Waals surface area contributed by atoms with E-state index < -0.39 is 0 Å². The molecular formula is C17H13Cl3FN3OS. The molecule has 0 aliphatic heterocycles. The van der Waals surface area contributed by atoms with Crippen molar-refractivity contribution in [1.29, 1.82) is 0 Å². The van der Waals surface area contributed by atoms with E-state index in [1.807, 2.05) is 11.6 Å². The summed E-state index contributed by atoms with van der Waals surface area (Å²) in [6.45, 7) is 0.211. The van der Waals surface area contributed by atoms with Gasteiger partial charge in [-0.15, -0.1) is 10.2 Å². The van der Waals surface area contributed by atoms with Crippen molar-refractivity contribution in [3.63, 3.8) is 0 Å². The largest absolute Gasteiger partial charge is 0.484 e. The highest BCUT2D eigenvalue weighted by molar-refractivity contribution is 7.98. The first-order valence-electron chi connectivity index (χ1n) is 7.47. The fourth-order valence-corrected chi connectivity index (χ4v) is 3.82. The van der Waals surface area contributed by atoms with Gasteiger partial charge in [0.2, 0.25) is 0 Å². The van der Waals surface area contributed by atoms with Gasteiger partial charge in [-0.05, 0) is 35.9 Å². The molecule has 0 spiro atoms. The van der Waals surface area contributed by atoms with Crippen LogP contribution < -0.4 is 4.74 Å². The van der Waals surface area contributed by atoms with E-state index >= 15 is 0 Å². The van der Waals surface area contributed by atoms with Crippen molar-refractivity contribution in [2.24, 2.45) is 7.05 Å². The van der Waals surface area contributed by atoms with E-state index in [9.17, 15) is 4.39 Å². The van der Waals surface area contributed by atoms with E-state index in [1.54, 1.807) is 24.3 Å². The van der Waals surface area contributed by atoms with Crippen LogP contribution in [0.4, 0.5) is 4.39 Å². The zero-order valence-corrected chi connectivity index (χ0v) is 16.6. The second-order valence-electron chi connectivity index (χ2n) is 5.35. The maximum Gasteiger partial charge on any atom is 0.191 e. The number of ether oxygens (including phenoxy) is 1. The lowest BCUT2D eigenvalue weighted by Gasteiger charge is -2.08. The average Bonchev–Trinajstić information content (AvgIpc) is 2.93.